The maximum Gasteiger partial charge on any atom is 0.0366 e. The Bertz CT molecular complexity index is 273. The zero-order valence-electron chi connectivity index (χ0n) is 8.79. The first-order valence-electron chi connectivity index (χ1n) is 5.38. The summed E-state index contributed by atoms with van der Waals surface area (Å²) >= 11 is 0. The van der Waals surface area contributed by atoms with E-state index in [1.54, 1.807) is 0 Å². The molecule has 1 aliphatic rings. The monoisotopic (exact) mass is 190 g/mol. The van der Waals surface area contributed by atoms with Crippen molar-refractivity contribution in [3.8, 4) is 0 Å². The Labute approximate surface area is 85.9 Å². The number of hydrogen-bond donors (Lipinski definition) is 1. The molecule has 0 amide bonds. The van der Waals surface area contributed by atoms with Crippen LogP contribution in [0.1, 0.15) is 18.4 Å². The summed E-state index contributed by atoms with van der Waals surface area (Å²) in [4.78, 5) is 2.46. The standard InChI is InChI=1S/C12H18N2/c1-13-10-11-4-6-12(7-5-11)14-8-2-3-9-14/h4-7,13H,2-3,8-10H2,1H3. The second-order valence-electron chi connectivity index (χ2n) is 3.89. The van der Waals surface area contributed by atoms with Gasteiger partial charge >= 0.3 is 0 Å². The Hall–Kier alpha value is -1.02. The van der Waals surface area contributed by atoms with Gasteiger partial charge in [0, 0.05) is 25.3 Å². The van der Waals surface area contributed by atoms with Crippen LogP contribution in [0, 0.1) is 0 Å². The topological polar surface area (TPSA) is 15.3 Å². The van der Waals surface area contributed by atoms with Crippen LogP contribution in [0.25, 0.3) is 0 Å². The number of anilines is 1. The number of benzene rings is 1. The fourth-order valence-corrected chi connectivity index (χ4v) is 2.00. The third-order valence-corrected chi connectivity index (χ3v) is 2.79. The smallest absolute Gasteiger partial charge is 0.0366 e. The summed E-state index contributed by atoms with van der Waals surface area (Å²) in [6, 6.07) is 8.89. The quantitative estimate of drug-likeness (QED) is 0.784. The number of rotatable bonds is 3. The lowest BCUT2D eigenvalue weighted by molar-refractivity contribution is 0.817. The van der Waals surface area contributed by atoms with Crippen LogP contribution in [0.2, 0.25) is 0 Å². The highest BCUT2D eigenvalue weighted by molar-refractivity contribution is 5.48. The normalized spacial score (nSPS) is 16.2. The number of nitrogens with one attached hydrogen (secondary N) is 1. The van der Waals surface area contributed by atoms with Crippen LogP contribution in [0.3, 0.4) is 0 Å². The third kappa shape index (κ3) is 2.07. The summed E-state index contributed by atoms with van der Waals surface area (Å²) in [6.45, 7) is 3.41. The second kappa shape index (κ2) is 4.47. The Morgan fingerprint density at radius 1 is 1.14 bits per heavy atom. The van der Waals surface area contributed by atoms with Gasteiger partial charge in [0.05, 0.1) is 0 Å². The van der Waals surface area contributed by atoms with Crippen molar-refractivity contribution >= 4 is 5.69 Å². The van der Waals surface area contributed by atoms with Gasteiger partial charge in [-0.3, -0.25) is 0 Å². The Balaban J connectivity index is 2.05. The minimum absolute atomic E-state index is 0.959. The summed E-state index contributed by atoms with van der Waals surface area (Å²) < 4.78 is 0. The first-order chi connectivity index (χ1) is 6.90. The first kappa shape index (κ1) is 9.53. The molecule has 1 heterocycles. The van der Waals surface area contributed by atoms with Gasteiger partial charge in [0.25, 0.3) is 0 Å². The van der Waals surface area contributed by atoms with Crippen molar-refractivity contribution in [3.05, 3.63) is 29.8 Å². The maximum absolute atomic E-state index is 3.16. The van der Waals surface area contributed by atoms with Gasteiger partial charge in [-0.1, -0.05) is 12.1 Å². The molecule has 14 heavy (non-hydrogen) atoms. The second-order valence-corrected chi connectivity index (χ2v) is 3.89. The highest BCUT2D eigenvalue weighted by Crippen LogP contribution is 2.20. The molecule has 0 atom stereocenters. The van der Waals surface area contributed by atoms with Crippen molar-refractivity contribution < 1.29 is 0 Å². The Morgan fingerprint density at radius 2 is 1.79 bits per heavy atom. The van der Waals surface area contributed by atoms with Gasteiger partial charge in [-0.25, -0.2) is 0 Å². The highest BCUT2D eigenvalue weighted by Gasteiger charge is 2.11. The van der Waals surface area contributed by atoms with Gasteiger partial charge in [-0.2, -0.15) is 0 Å². The molecule has 0 bridgehead atoms. The fourth-order valence-electron chi connectivity index (χ4n) is 2.00. The Morgan fingerprint density at radius 3 is 2.36 bits per heavy atom. The third-order valence-electron chi connectivity index (χ3n) is 2.79. The Kier molecular flexibility index (Phi) is 3.04. The molecule has 0 aromatic heterocycles. The van der Waals surface area contributed by atoms with Crippen LogP contribution in [-0.4, -0.2) is 20.1 Å². The van der Waals surface area contributed by atoms with E-state index in [9.17, 15) is 0 Å². The van der Waals surface area contributed by atoms with Gasteiger partial charge < -0.3 is 10.2 Å². The number of nitrogens with zero attached hydrogens (tertiary/aromatic N) is 1. The molecule has 2 heteroatoms. The molecule has 1 aliphatic heterocycles. The van der Waals surface area contributed by atoms with Gasteiger partial charge in [0.2, 0.25) is 0 Å². The van der Waals surface area contributed by atoms with Crippen molar-refractivity contribution in [2.45, 2.75) is 19.4 Å². The van der Waals surface area contributed by atoms with Gasteiger partial charge in [-0.15, -0.1) is 0 Å². The van der Waals surface area contributed by atoms with Gasteiger partial charge in [0.15, 0.2) is 0 Å². The SMILES string of the molecule is CNCc1ccc(N2CCCC2)cc1. The molecule has 2 nitrogen and oxygen atoms in total. The van der Waals surface area contributed by atoms with E-state index < -0.39 is 0 Å². The summed E-state index contributed by atoms with van der Waals surface area (Å²) in [5.41, 5.74) is 2.73. The van der Waals surface area contributed by atoms with E-state index in [-0.39, 0.29) is 0 Å². The van der Waals surface area contributed by atoms with Crippen molar-refractivity contribution in [3.63, 3.8) is 0 Å². The predicted molar refractivity (Wildman–Crippen MR) is 60.7 cm³/mol. The summed E-state index contributed by atoms with van der Waals surface area (Å²) in [5.74, 6) is 0. The lowest BCUT2D eigenvalue weighted by Crippen LogP contribution is -2.17. The van der Waals surface area contributed by atoms with Crippen molar-refractivity contribution in [1.29, 1.82) is 0 Å². The molecule has 0 radical (unpaired) electrons. The average Bonchev–Trinajstić information content (AvgIpc) is 2.72. The van der Waals surface area contributed by atoms with Crippen molar-refractivity contribution in [2.75, 3.05) is 25.0 Å². The molecule has 1 N–H and O–H groups in total. The highest BCUT2D eigenvalue weighted by atomic mass is 15.1. The van der Waals surface area contributed by atoms with Crippen LogP contribution in [-0.2, 0) is 6.54 Å². The van der Waals surface area contributed by atoms with Crippen LogP contribution >= 0.6 is 0 Å². The van der Waals surface area contributed by atoms with E-state index >= 15 is 0 Å². The molecule has 0 spiro atoms. The van der Waals surface area contributed by atoms with Gasteiger partial charge in [0.1, 0.15) is 0 Å². The summed E-state index contributed by atoms with van der Waals surface area (Å²) in [5, 5.41) is 3.16. The maximum atomic E-state index is 3.16. The van der Waals surface area contributed by atoms with E-state index in [0.717, 1.165) is 6.54 Å². The largest absolute Gasteiger partial charge is 0.372 e. The van der Waals surface area contributed by atoms with E-state index in [1.165, 1.54) is 37.2 Å². The predicted octanol–water partition coefficient (Wildman–Crippen LogP) is 2.01. The molecular weight excluding hydrogens is 172 g/mol. The fraction of sp³-hybridized carbons (Fsp3) is 0.500. The molecule has 0 unspecified atom stereocenters. The lowest BCUT2D eigenvalue weighted by Gasteiger charge is -2.17. The van der Waals surface area contributed by atoms with E-state index in [2.05, 4.69) is 34.5 Å². The van der Waals surface area contributed by atoms with Gasteiger partial charge in [-0.05, 0) is 37.6 Å². The van der Waals surface area contributed by atoms with Crippen molar-refractivity contribution in [1.82, 2.24) is 5.32 Å². The van der Waals surface area contributed by atoms with E-state index in [4.69, 9.17) is 0 Å². The van der Waals surface area contributed by atoms with Crippen LogP contribution < -0.4 is 10.2 Å². The molecule has 0 aliphatic carbocycles. The van der Waals surface area contributed by atoms with Crippen LogP contribution in [0.5, 0.6) is 0 Å². The molecule has 0 saturated carbocycles. The lowest BCUT2D eigenvalue weighted by atomic mass is 10.2. The van der Waals surface area contributed by atoms with Crippen molar-refractivity contribution in [2.24, 2.45) is 0 Å². The minimum atomic E-state index is 0.959. The average molecular weight is 190 g/mol. The molecule has 1 saturated heterocycles. The molecule has 2 rings (SSSR count). The molecule has 76 valence electrons. The van der Waals surface area contributed by atoms with E-state index in [1.807, 2.05) is 7.05 Å². The molecule has 1 fully saturated rings. The summed E-state index contributed by atoms with van der Waals surface area (Å²) in [7, 11) is 1.98. The molecule has 1 aromatic rings. The van der Waals surface area contributed by atoms with Crippen LogP contribution in [0.4, 0.5) is 5.69 Å². The zero-order chi connectivity index (χ0) is 9.80. The summed E-state index contributed by atoms with van der Waals surface area (Å²) in [6.07, 6.45) is 2.69. The zero-order valence-corrected chi connectivity index (χ0v) is 8.79. The number of hydrogen-bond acceptors (Lipinski definition) is 2. The molecular formula is C12H18N2. The van der Waals surface area contributed by atoms with E-state index in [0.29, 0.717) is 0 Å². The first-order valence-corrected chi connectivity index (χ1v) is 5.38. The van der Waals surface area contributed by atoms with Crippen LogP contribution in [0.15, 0.2) is 24.3 Å². The minimum Gasteiger partial charge on any atom is -0.372 e. The molecule has 1 aromatic carbocycles.